The minimum Gasteiger partial charge on any atom is -0.477 e. The number of rotatable bonds is 13. The van der Waals surface area contributed by atoms with E-state index in [0.717, 1.165) is 48.5 Å². The predicted octanol–water partition coefficient (Wildman–Crippen LogP) is 5.13. The number of pyridine rings is 2. The summed E-state index contributed by atoms with van der Waals surface area (Å²) >= 11 is 0. The van der Waals surface area contributed by atoms with Crippen LogP contribution in [-0.2, 0) is 17.4 Å². The van der Waals surface area contributed by atoms with Crippen LogP contribution in [0.25, 0.3) is 11.3 Å². The second-order valence-electron chi connectivity index (χ2n) is 10.1. The Morgan fingerprint density at radius 1 is 1.19 bits per heavy atom. The Bertz CT molecular complexity index is 1370. The van der Waals surface area contributed by atoms with Gasteiger partial charge in [0.15, 0.2) is 0 Å². The van der Waals surface area contributed by atoms with Gasteiger partial charge in [-0.25, -0.2) is 4.98 Å². The van der Waals surface area contributed by atoms with Crippen molar-refractivity contribution < 1.29 is 22.7 Å². The van der Waals surface area contributed by atoms with E-state index in [1.807, 2.05) is 42.2 Å². The van der Waals surface area contributed by atoms with Gasteiger partial charge < -0.3 is 20.3 Å². The maximum atomic E-state index is 13.3. The normalized spacial score (nSPS) is 14.8. The highest BCUT2D eigenvalue weighted by molar-refractivity contribution is 5.76. The number of benzene rings is 1. The number of halogens is 3. The molecule has 8 nitrogen and oxygen atoms in total. The molecular weight excluding hydrogens is 545 g/mol. The topological polar surface area (TPSA) is 103 Å². The highest BCUT2D eigenvalue weighted by Gasteiger charge is 2.31. The summed E-state index contributed by atoms with van der Waals surface area (Å²) in [7, 11) is 0. The lowest BCUT2D eigenvalue weighted by molar-refractivity contribution is -0.137. The molecule has 2 N–H and O–H groups in total. The van der Waals surface area contributed by atoms with Gasteiger partial charge >= 0.3 is 6.18 Å². The molecule has 0 bridgehead atoms. The first kappa shape index (κ1) is 30.8. The average Bonchev–Trinajstić information content (AvgIpc) is 3.49. The van der Waals surface area contributed by atoms with Crippen molar-refractivity contribution in [1.82, 2.24) is 20.6 Å². The van der Waals surface area contributed by atoms with E-state index in [1.165, 1.54) is 6.07 Å². The first-order chi connectivity index (χ1) is 20.3. The quantitative estimate of drug-likeness (QED) is 0.289. The molecule has 1 aliphatic heterocycles. The molecule has 3 heterocycles. The number of anilines is 1. The SMILES string of the molecule is CCOc1ncccc1-c1ccc(CCCN(CCCC(=O)N[C@@H]2CCNC2)c2ccc(C(F)(F)F)cc2C#N)cn1. The average molecular weight is 581 g/mol. The molecular formula is C31H35F3N6O2. The molecule has 1 fully saturated rings. The summed E-state index contributed by atoms with van der Waals surface area (Å²) in [5.41, 5.74) is 2.07. The van der Waals surface area contributed by atoms with E-state index in [-0.39, 0.29) is 17.5 Å². The predicted molar refractivity (Wildman–Crippen MR) is 154 cm³/mol. The Hall–Kier alpha value is -4.17. The summed E-state index contributed by atoms with van der Waals surface area (Å²) in [5, 5.41) is 15.9. The summed E-state index contributed by atoms with van der Waals surface area (Å²) < 4.78 is 45.5. The largest absolute Gasteiger partial charge is 0.477 e. The number of ether oxygens (including phenoxy) is 1. The Kier molecular flexibility index (Phi) is 10.7. The molecule has 0 spiro atoms. The Morgan fingerprint density at radius 2 is 2.02 bits per heavy atom. The summed E-state index contributed by atoms with van der Waals surface area (Å²) in [5.74, 6) is 0.471. The third-order valence-corrected chi connectivity index (χ3v) is 7.09. The maximum absolute atomic E-state index is 13.3. The highest BCUT2D eigenvalue weighted by Crippen LogP contribution is 2.33. The molecule has 222 valence electrons. The van der Waals surface area contributed by atoms with Gasteiger partial charge in [-0.1, -0.05) is 6.07 Å². The molecule has 0 aliphatic carbocycles. The third kappa shape index (κ3) is 8.42. The van der Waals surface area contributed by atoms with Crippen molar-refractivity contribution in [2.24, 2.45) is 0 Å². The van der Waals surface area contributed by atoms with Crippen molar-refractivity contribution in [2.75, 3.05) is 37.7 Å². The van der Waals surface area contributed by atoms with Gasteiger partial charge in [-0.3, -0.25) is 9.78 Å². The molecule has 0 saturated carbocycles. The van der Waals surface area contributed by atoms with Gasteiger partial charge in [0.2, 0.25) is 11.8 Å². The van der Waals surface area contributed by atoms with Crippen LogP contribution in [0.15, 0.2) is 54.9 Å². The maximum Gasteiger partial charge on any atom is 0.416 e. The van der Waals surface area contributed by atoms with Crippen LogP contribution in [0.3, 0.4) is 0 Å². The molecule has 0 radical (unpaired) electrons. The first-order valence-electron chi connectivity index (χ1n) is 14.2. The lowest BCUT2D eigenvalue weighted by Crippen LogP contribution is -2.36. The zero-order valence-electron chi connectivity index (χ0n) is 23.6. The second kappa shape index (κ2) is 14.6. The van der Waals surface area contributed by atoms with Crippen LogP contribution in [0.4, 0.5) is 18.9 Å². The Morgan fingerprint density at radius 3 is 2.71 bits per heavy atom. The molecule has 3 aromatic rings. The third-order valence-electron chi connectivity index (χ3n) is 7.09. The fourth-order valence-electron chi connectivity index (χ4n) is 4.98. The molecule has 11 heteroatoms. The van der Waals surface area contributed by atoms with Gasteiger partial charge in [-0.2, -0.15) is 18.4 Å². The molecule has 4 rings (SSSR count). The lowest BCUT2D eigenvalue weighted by atomic mass is 10.1. The fraction of sp³-hybridized carbons (Fsp3) is 0.419. The van der Waals surface area contributed by atoms with Gasteiger partial charge in [0.1, 0.15) is 6.07 Å². The summed E-state index contributed by atoms with van der Waals surface area (Å²) in [4.78, 5) is 23.2. The van der Waals surface area contributed by atoms with Crippen LogP contribution in [0.2, 0.25) is 0 Å². The van der Waals surface area contributed by atoms with Crippen molar-refractivity contribution in [2.45, 2.75) is 51.2 Å². The Balaban J connectivity index is 1.42. The van der Waals surface area contributed by atoms with Gasteiger partial charge in [-0.15, -0.1) is 0 Å². The zero-order valence-corrected chi connectivity index (χ0v) is 23.6. The van der Waals surface area contributed by atoms with E-state index in [2.05, 4.69) is 20.6 Å². The lowest BCUT2D eigenvalue weighted by Gasteiger charge is -2.26. The van der Waals surface area contributed by atoms with E-state index < -0.39 is 11.7 Å². The summed E-state index contributed by atoms with van der Waals surface area (Å²) in [6.45, 7) is 4.93. The second-order valence-corrected chi connectivity index (χ2v) is 10.1. The van der Waals surface area contributed by atoms with Crippen molar-refractivity contribution in [3.05, 3.63) is 71.5 Å². The number of aromatic nitrogens is 2. The number of nitriles is 1. The van der Waals surface area contributed by atoms with Crippen molar-refractivity contribution in [3.63, 3.8) is 0 Å². The standard InChI is InChI=1S/C31H35F3N6O2/c1-2-42-30-26(7-3-14-37-30)27-11-9-22(20-38-27)6-4-16-40(17-5-8-29(41)39-25-13-15-36-21-25)28-12-10-24(31(32,33)34)18-23(28)19-35/h3,7,9-12,14,18,20,25,36H,2,4-6,8,13,15-17,21H2,1H3,(H,39,41)/t25-/m1/s1. The molecule has 1 aliphatic rings. The van der Waals surface area contributed by atoms with Gasteiger partial charge in [0, 0.05) is 44.5 Å². The van der Waals surface area contributed by atoms with E-state index in [0.29, 0.717) is 56.9 Å². The smallest absolute Gasteiger partial charge is 0.416 e. The summed E-state index contributed by atoms with van der Waals surface area (Å²) in [6, 6.07) is 12.9. The number of aryl methyl sites for hydroxylation is 1. The number of carbonyl (C=O) groups excluding carboxylic acids is 1. The van der Waals surface area contributed by atoms with Crippen molar-refractivity contribution in [1.29, 1.82) is 5.26 Å². The number of alkyl halides is 3. The van der Waals surface area contributed by atoms with Crippen molar-refractivity contribution in [3.8, 4) is 23.2 Å². The van der Waals surface area contributed by atoms with Crippen LogP contribution >= 0.6 is 0 Å². The first-order valence-corrected chi connectivity index (χ1v) is 14.2. The van der Waals surface area contributed by atoms with Crippen LogP contribution in [0.1, 0.15) is 49.3 Å². The molecule has 1 saturated heterocycles. The number of hydrogen-bond acceptors (Lipinski definition) is 7. The van der Waals surface area contributed by atoms with Crippen LogP contribution in [-0.4, -0.2) is 54.7 Å². The van der Waals surface area contributed by atoms with Crippen LogP contribution in [0, 0.1) is 11.3 Å². The van der Waals surface area contributed by atoms with Gasteiger partial charge in [0.05, 0.1) is 34.7 Å². The Labute approximate surface area is 243 Å². The van der Waals surface area contributed by atoms with E-state index in [9.17, 15) is 23.2 Å². The summed E-state index contributed by atoms with van der Waals surface area (Å²) in [6.07, 6.45) is 1.95. The van der Waals surface area contributed by atoms with E-state index in [1.54, 1.807) is 12.4 Å². The number of carbonyl (C=O) groups is 1. The van der Waals surface area contributed by atoms with Gasteiger partial charge in [0.25, 0.3) is 0 Å². The molecule has 2 aromatic heterocycles. The van der Waals surface area contributed by atoms with E-state index in [4.69, 9.17) is 4.74 Å². The van der Waals surface area contributed by atoms with Crippen LogP contribution < -0.4 is 20.3 Å². The van der Waals surface area contributed by atoms with Crippen LogP contribution in [0.5, 0.6) is 5.88 Å². The molecule has 1 aromatic carbocycles. The minimum atomic E-state index is -4.54. The molecule has 1 amide bonds. The minimum absolute atomic E-state index is 0.0427. The molecule has 42 heavy (non-hydrogen) atoms. The van der Waals surface area contributed by atoms with Gasteiger partial charge in [-0.05, 0) is 81.1 Å². The van der Waals surface area contributed by atoms with Crippen molar-refractivity contribution >= 4 is 11.6 Å². The fourth-order valence-corrected chi connectivity index (χ4v) is 4.98. The number of nitrogens with one attached hydrogen (secondary N) is 2. The molecule has 0 unspecified atom stereocenters. The monoisotopic (exact) mass is 580 g/mol. The number of nitrogens with zero attached hydrogens (tertiary/aromatic N) is 4. The highest BCUT2D eigenvalue weighted by atomic mass is 19.4. The number of hydrogen-bond donors (Lipinski definition) is 2. The number of amides is 1. The molecule has 1 atom stereocenters. The zero-order chi connectivity index (χ0) is 30.0. The van der Waals surface area contributed by atoms with E-state index >= 15 is 0 Å².